The van der Waals surface area contributed by atoms with Gasteiger partial charge in [0.15, 0.2) is 0 Å². The Balaban J connectivity index is 1.27. The van der Waals surface area contributed by atoms with E-state index in [9.17, 15) is 9.59 Å². The summed E-state index contributed by atoms with van der Waals surface area (Å²) in [6.45, 7) is 0.475. The lowest BCUT2D eigenvalue weighted by molar-refractivity contribution is -0.117. The van der Waals surface area contributed by atoms with Crippen LogP contribution in [0.1, 0.15) is 52.6 Å². The molecule has 0 unspecified atom stereocenters. The van der Waals surface area contributed by atoms with Crippen molar-refractivity contribution in [2.45, 2.75) is 38.0 Å². The highest BCUT2D eigenvalue weighted by atomic mass is 16.4. The van der Waals surface area contributed by atoms with Crippen molar-refractivity contribution in [3.63, 3.8) is 0 Å². The number of anilines is 2. The molecule has 0 radical (unpaired) electrons. The molecule has 2 aromatic carbocycles. The fourth-order valence-electron chi connectivity index (χ4n) is 4.22. The number of carbonyl (C=O) groups excluding carboxylic acids is 2. The van der Waals surface area contributed by atoms with Crippen LogP contribution in [0.25, 0.3) is 0 Å². The second kappa shape index (κ2) is 7.74. The number of rotatable bonds is 4. The van der Waals surface area contributed by atoms with E-state index in [1.165, 1.54) is 17.5 Å². The lowest BCUT2D eigenvalue weighted by Crippen LogP contribution is -2.24. The number of aromatic nitrogens is 2. The smallest absolute Gasteiger partial charge is 0.322 e. The third kappa shape index (κ3) is 3.58. The number of hydrogen-bond donors (Lipinski definition) is 1. The first kappa shape index (κ1) is 18.5. The van der Waals surface area contributed by atoms with E-state index >= 15 is 0 Å². The topological polar surface area (TPSA) is 88.3 Å². The highest BCUT2D eigenvalue weighted by molar-refractivity contribution is 6.03. The van der Waals surface area contributed by atoms with Crippen LogP contribution in [0.2, 0.25) is 0 Å². The predicted octanol–water partition coefficient (Wildman–Crippen LogP) is 3.72. The van der Waals surface area contributed by atoms with Gasteiger partial charge in [-0.15, -0.1) is 5.10 Å². The average Bonchev–Trinajstić information content (AvgIpc) is 3.40. The molecule has 1 aliphatic heterocycles. The standard InChI is InChI=1S/C23H22N4O3/c28-20-13-18(14-27(20)19-8-2-1-3-9-19)22-25-26-23(30-22)24-21(29)17-11-10-15-6-4-5-7-16(15)12-17/h1-3,8-12,18H,4-7,13-14H2,(H,24,26,29)/t18-/m0/s1. The molecule has 2 aliphatic rings. The van der Waals surface area contributed by atoms with Crippen molar-refractivity contribution in [2.75, 3.05) is 16.8 Å². The molecule has 5 rings (SSSR count). The Morgan fingerprint density at radius 2 is 1.83 bits per heavy atom. The molecule has 152 valence electrons. The Hall–Kier alpha value is -3.48. The summed E-state index contributed by atoms with van der Waals surface area (Å²) in [4.78, 5) is 26.8. The Morgan fingerprint density at radius 3 is 2.67 bits per heavy atom. The maximum absolute atomic E-state index is 12.6. The predicted molar refractivity (Wildman–Crippen MR) is 111 cm³/mol. The van der Waals surface area contributed by atoms with E-state index in [4.69, 9.17) is 4.42 Å². The molecule has 0 bridgehead atoms. The van der Waals surface area contributed by atoms with E-state index in [0.717, 1.165) is 24.9 Å². The molecular formula is C23H22N4O3. The summed E-state index contributed by atoms with van der Waals surface area (Å²) >= 11 is 0. The summed E-state index contributed by atoms with van der Waals surface area (Å²) in [7, 11) is 0. The van der Waals surface area contributed by atoms with Crippen molar-refractivity contribution in [3.8, 4) is 0 Å². The summed E-state index contributed by atoms with van der Waals surface area (Å²) in [6, 6.07) is 15.4. The van der Waals surface area contributed by atoms with E-state index in [2.05, 4.69) is 15.5 Å². The number of benzene rings is 2. The van der Waals surface area contributed by atoms with Gasteiger partial charge in [0.05, 0.1) is 5.92 Å². The number of amides is 2. The molecule has 1 N–H and O–H groups in total. The first-order valence-electron chi connectivity index (χ1n) is 10.3. The van der Waals surface area contributed by atoms with Crippen molar-refractivity contribution >= 4 is 23.5 Å². The van der Waals surface area contributed by atoms with Crippen LogP contribution in [0.3, 0.4) is 0 Å². The Morgan fingerprint density at radius 1 is 1.03 bits per heavy atom. The Bertz CT molecular complexity index is 1090. The van der Waals surface area contributed by atoms with E-state index in [0.29, 0.717) is 24.4 Å². The van der Waals surface area contributed by atoms with Gasteiger partial charge in [-0.25, -0.2) is 0 Å². The molecule has 1 atom stereocenters. The van der Waals surface area contributed by atoms with Crippen molar-refractivity contribution in [3.05, 3.63) is 71.1 Å². The molecule has 7 heteroatoms. The Kier molecular flexibility index (Phi) is 4.78. The Labute approximate surface area is 174 Å². The van der Waals surface area contributed by atoms with Gasteiger partial charge < -0.3 is 9.32 Å². The van der Waals surface area contributed by atoms with Crippen LogP contribution in [-0.2, 0) is 17.6 Å². The van der Waals surface area contributed by atoms with Gasteiger partial charge in [-0.1, -0.05) is 29.4 Å². The SMILES string of the molecule is O=C(Nc1nnc([C@H]2CC(=O)N(c3ccccc3)C2)o1)c1ccc2c(c1)CCCC2. The zero-order chi connectivity index (χ0) is 20.5. The fraction of sp³-hybridized carbons (Fsp3) is 0.304. The first-order valence-corrected chi connectivity index (χ1v) is 10.3. The van der Waals surface area contributed by atoms with Gasteiger partial charge >= 0.3 is 6.01 Å². The van der Waals surface area contributed by atoms with Crippen LogP contribution < -0.4 is 10.2 Å². The van der Waals surface area contributed by atoms with Crippen molar-refractivity contribution in [1.82, 2.24) is 10.2 Å². The van der Waals surface area contributed by atoms with Crippen LogP contribution in [0.15, 0.2) is 52.9 Å². The first-order chi connectivity index (χ1) is 14.7. The zero-order valence-electron chi connectivity index (χ0n) is 16.5. The van der Waals surface area contributed by atoms with E-state index in [1.807, 2.05) is 48.5 Å². The minimum atomic E-state index is -0.271. The number of nitrogens with zero attached hydrogens (tertiary/aromatic N) is 3. The number of carbonyl (C=O) groups is 2. The van der Waals surface area contributed by atoms with Gasteiger partial charge in [-0.3, -0.25) is 14.9 Å². The zero-order valence-corrected chi connectivity index (χ0v) is 16.5. The lowest BCUT2D eigenvalue weighted by atomic mass is 9.90. The lowest BCUT2D eigenvalue weighted by Gasteiger charge is -2.16. The molecule has 0 spiro atoms. The second-order valence-electron chi connectivity index (χ2n) is 7.83. The van der Waals surface area contributed by atoms with Crippen LogP contribution in [0.4, 0.5) is 11.7 Å². The van der Waals surface area contributed by atoms with Crippen molar-refractivity contribution in [2.24, 2.45) is 0 Å². The molecule has 30 heavy (non-hydrogen) atoms. The molecule has 2 amide bonds. The largest absolute Gasteiger partial charge is 0.407 e. The molecule has 2 heterocycles. The molecule has 1 fully saturated rings. The van der Waals surface area contributed by atoms with Crippen LogP contribution in [0.5, 0.6) is 0 Å². The van der Waals surface area contributed by atoms with Gasteiger partial charge in [0, 0.05) is 24.2 Å². The molecule has 7 nitrogen and oxygen atoms in total. The molecule has 3 aromatic rings. The number of fused-ring (bicyclic) bond motifs is 1. The monoisotopic (exact) mass is 402 g/mol. The van der Waals surface area contributed by atoms with Crippen molar-refractivity contribution < 1.29 is 14.0 Å². The minimum absolute atomic E-state index is 0.0176. The van der Waals surface area contributed by atoms with E-state index in [1.54, 1.807) is 4.90 Å². The summed E-state index contributed by atoms with van der Waals surface area (Å²) in [5.41, 5.74) is 4.00. The third-order valence-electron chi connectivity index (χ3n) is 5.81. The van der Waals surface area contributed by atoms with Crippen LogP contribution in [0, 0.1) is 0 Å². The fourth-order valence-corrected chi connectivity index (χ4v) is 4.22. The highest BCUT2D eigenvalue weighted by Gasteiger charge is 2.35. The van der Waals surface area contributed by atoms with Gasteiger partial charge in [0.25, 0.3) is 5.91 Å². The molecular weight excluding hydrogens is 380 g/mol. The summed E-state index contributed by atoms with van der Waals surface area (Å²) in [6.07, 6.45) is 4.74. The van der Waals surface area contributed by atoms with Gasteiger partial charge in [-0.2, -0.15) is 0 Å². The highest BCUT2D eigenvalue weighted by Crippen LogP contribution is 2.31. The third-order valence-corrected chi connectivity index (χ3v) is 5.81. The molecule has 1 saturated heterocycles. The van der Waals surface area contributed by atoms with Gasteiger partial charge in [0.1, 0.15) is 0 Å². The molecule has 0 saturated carbocycles. The summed E-state index contributed by atoms with van der Waals surface area (Å²) in [5, 5.41) is 10.7. The minimum Gasteiger partial charge on any atom is -0.407 e. The van der Waals surface area contributed by atoms with Crippen molar-refractivity contribution in [1.29, 1.82) is 0 Å². The van der Waals surface area contributed by atoms with Crippen LogP contribution >= 0.6 is 0 Å². The number of para-hydroxylation sites is 1. The maximum Gasteiger partial charge on any atom is 0.322 e. The normalized spacial score (nSPS) is 18.3. The molecule has 1 aromatic heterocycles. The van der Waals surface area contributed by atoms with Crippen LogP contribution in [-0.4, -0.2) is 28.6 Å². The van der Waals surface area contributed by atoms with E-state index < -0.39 is 0 Å². The maximum atomic E-state index is 12.6. The second-order valence-corrected chi connectivity index (χ2v) is 7.83. The summed E-state index contributed by atoms with van der Waals surface area (Å²) in [5.74, 6) is -0.0850. The quantitative estimate of drug-likeness (QED) is 0.719. The molecule has 1 aliphatic carbocycles. The van der Waals surface area contributed by atoms with Gasteiger partial charge in [-0.05, 0) is 61.1 Å². The number of aryl methyl sites for hydroxylation is 2. The summed E-state index contributed by atoms with van der Waals surface area (Å²) < 4.78 is 5.67. The van der Waals surface area contributed by atoms with E-state index in [-0.39, 0.29) is 23.7 Å². The average molecular weight is 402 g/mol. The van der Waals surface area contributed by atoms with Gasteiger partial charge in [0.2, 0.25) is 11.8 Å². The number of nitrogens with one attached hydrogen (secondary N) is 1. The number of hydrogen-bond acceptors (Lipinski definition) is 5.